The number of nitrogens with one attached hydrogen (secondary N) is 1. The average Bonchev–Trinajstić information content (AvgIpc) is 3.01. The van der Waals surface area contributed by atoms with Crippen LogP contribution in [0.15, 0.2) is 42.5 Å². The summed E-state index contributed by atoms with van der Waals surface area (Å²) in [5.74, 6) is -1.19. The molecule has 2 atom stereocenters. The van der Waals surface area contributed by atoms with Crippen LogP contribution in [-0.2, 0) is 27.2 Å². The second-order valence-corrected chi connectivity index (χ2v) is 6.53. The van der Waals surface area contributed by atoms with Gasteiger partial charge in [0.25, 0.3) is 11.6 Å². The van der Waals surface area contributed by atoms with Crippen molar-refractivity contribution in [3.8, 4) is 11.5 Å². The number of amides is 2. The molecule has 0 bridgehead atoms. The molecule has 2 aromatic rings. The highest BCUT2D eigenvalue weighted by molar-refractivity contribution is 6.00. The van der Waals surface area contributed by atoms with Gasteiger partial charge in [0.2, 0.25) is 0 Å². The summed E-state index contributed by atoms with van der Waals surface area (Å²) in [5.41, 5.74) is 6.07. The summed E-state index contributed by atoms with van der Waals surface area (Å²) in [7, 11) is 0. The largest absolute Gasteiger partial charge is 0.480 e. The van der Waals surface area contributed by atoms with Crippen molar-refractivity contribution in [2.24, 2.45) is 5.73 Å². The van der Waals surface area contributed by atoms with Gasteiger partial charge >= 0.3 is 12.1 Å². The topological polar surface area (TPSA) is 171 Å². The Morgan fingerprint density at radius 3 is 2.47 bits per heavy atom. The fourth-order valence-electron chi connectivity index (χ4n) is 2.85. The Morgan fingerprint density at radius 1 is 1.23 bits per heavy atom. The molecule has 0 radical (unpaired) electrons. The first kappa shape index (κ1) is 20.7. The molecule has 1 heterocycles. The number of hydrogen-bond donors (Lipinski definition) is 3. The number of hydrogen-bond acceptors (Lipinski definition) is 8. The van der Waals surface area contributed by atoms with E-state index in [-0.39, 0.29) is 29.8 Å². The van der Waals surface area contributed by atoms with E-state index in [0.717, 1.165) is 5.56 Å². The molecule has 3 rings (SSSR count). The molecule has 4 N–H and O–H groups in total. The maximum absolute atomic E-state index is 11.5. The molecule has 11 nitrogen and oxygen atoms in total. The first-order chi connectivity index (χ1) is 14.2. The first-order valence-electron chi connectivity index (χ1n) is 8.77. The van der Waals surface area contributed by atoms with E-state index in [1.165, 1.54) is 18.2 Å². The molecular formula is C19H17N3O8. The van der Waals surface area contributed by atoms with Gasteiger partial charge < -0.3 is 20.3 Å². The zero-order chi connectivity index (χ0) is 21.8. The number of aliphatic carboxylic acids is 1. The number of rotatable bonds is 8. The fraction of sp³-hybridized carbons (Fsp3) is 0.211. The van der Waals surface area contributed by atoms with Gasteiger partial charge in [-0.3, -0.25) is 25.0 Å². The summed E-state index contributed by atoms with van der Waals surface area (Å²) < 4.78 is 10.5. The van der Waals surface area contributed by atoms with Crippen LogP contribution >= 0.6 is 0 Å². The number of ether oxygens (including phenoxy) is 2. The van der Waals surface area contributed by atoms with E-state index in [0.29, 0.717) is 5.75 Å². The first-order valence-corrected chi connectivity index (χ1v) is 8.77. The predicted molar refractivity (Wildman–Crippen MR) is 101 cm³/mol. The predicted octanol–water partition coefficient (Wildman–Crippen LogP) is 1.52. The molecule has 0 spiro atoms. The highest BCUT2D eigenvalue weighted by Gasteiger charge is 2.32. The summed E-state index contributed by atoms with van der Waals surface area (Å²) in [6.07, 6.45) is -1.67. The number of carbonyl (C=O) groups is 3. The summed E-state index contributed by atoms with van der Waals surface area (Å²) in [6, 6.07) is 9.36. The Labute approximate surface area is 169 Å². The molecule has 0 saturated carbocycles. The van der Waals surface area contributed by atoms with Gasteiger partial charge in [-0.05, 0) is 29.8 Å². The molecule has 2 amide bonds. The van der Waals surface area contributed by atoms with Crippen molar-refractivity contribution in [2.45, 2.75) is 25.0 Å². The number of nitro groups is 1. The van der Waals surface area contributed by atoms with Gasteiger partial charge in [-0.1, -0.05) is 12.1 Å². The van der Waals surface area contributed by atoms with Gasteiger partial charge in [0, 0.05) is 18.4 Å². The Morgan fingerprint density at radius 2 is 1.90 bits per heavy atom. The maximum atomic E-state index is 11.5. The summed E-state index contributed by atoms with van der Waals surface area (Å²) >= 11 is 0. The monoisotopic (exact) mass is 415 g/mol. The second kappa shape index (κ2) is 8.57. The van der Waals surface area contributed by atoms with Crippen LogP contribution in [0.2, 0.25) is 0 Å². The van der Waals surface area contributed by atoms with Crippen LogP contribution in [0.25, 0.3) is 0 Å². The third-order valence-electron chi connectivity index (χ3n) is 4.36. The van der Waals surface area contributed by atoms with Crippen LogP contribution in [0.1, 0.15) is 11.1 Å². The number of nitro benzene ring substituents is 1. The van der Waals surface area contributed by atoms with Crippen LogP contribution < -0.4 is 15.8 Å². The number of imide groups is 1. The minimum Gasteiger partial charge on any atom is -0.480 e. The third kappa shape index (κ3) is 4.89. The normalized spacial score (nSPS) is 16.5. The smallest absolute Gasteiger partial charge is 0.414 e. The molecular weight excluding hydrogens is 398 g/mol. The molecule has 11 heteroatoms. The Bertz CT molecular complexity index is 1010. The minimum atomic E-state index is -1.26. The van der Waals surface area contributed by atoms with Crippen LogP contribution in [0.4, 0.5) is 10.5 Å². The molecule has 1 aliphatic heterocycles. The summed E-state index contributed by atoms with van der Waals surface area (Å²) in [6.45, 7) is 0. The van der Waals surface area contributed by atoms with Crippen molar-refractivity contribution >= 4 is 23.7 Å². The lowest BCUT2D eigenvalue weighted by Gasteiger charge is -2.11. The molecule has 2 unspecified atom stereocenters. The van der Waals surface area contributed by atoms with E-state index < -0.39 is 35.0 Å². The van der Waals surface area contributed by atoms with Gasteiger partial charge in [0.1, 0.15) is 17.5 Å². The number of alkyl carbamates (subject to hydrolysis) is 1. The van der Waals surface area contributed by atoms with E-state index >= 15 is 0 Å². The second-order valence-electron chi connectivity index (χ2n) is 6.53. The number of carboxylic acid groups (broad SMARTS) is 1. The Balaban J connectivity index is 1.70. The maximum Gasteiger partial charge on any atom is 0.414 e. The third-order valence-corrected chi connectivity index (χ3v) is 4.36. The molecule has 0 aromatic heterocycles. The lowest BCUT2D eigenvalue weighted by Crippen LogP contribution is -2.32. The number of cyclic esters (lactones) is 1. The number of nitrogens with two attached hydrogens (primary N) is 1. The molecule has 1 saturated heterocycles. The van der Waals surface area contributed by atoms with Crippen LogP contribution in [0, 0.1) is 10.1 Å². The summed E-state index contributed by atoms with van der Waals surface area (Å²) in [5, 5.41) is 22.3. The lowest BCUT2D eigenvalue weighted by molar-refractivity contribution is -0.385. The van der Waals surface area contributed by atoms with E-state index in [1.54, 1.807) is 24.3 Å². The van der Waals surface area contributed by atoms with Crippen molar-refractivity contribution in [3.05, 3.63) is 63.7 Å². The Hall–Kier alpha value is -3.99. The fourth-order valence-corrected chi connectivity index (χ4v) is 2.85. The van der Waals surface area contributed by atoms with Gasteiger partial charge in [0.15, 0.2) is 6.10 Å². The molecule has 156 valence electrons. The van der Waals surface area contributed by atoms with Gasteiger partial charge in [0.05, 0.1) is 11.0 Å². The van der Waals surface area contributed by atoms with Crippen LogP contribution in [0.3, 0.4) is 0 Å². The molecule has 1 fully saturated rings. The van der Waals surface area contributed by atoms with E-state index in [4.69, 9.17) is 20.3 Å². The zero-order valence-corrected chi connectivity index (χ0v) is 15.4. The van der Waals surface area contributed by atoms with E-state index in [9.17, 15) is 24.5 Å². The van der Waals surface area contributed by atoms with Crippen LogP contribution in [-0.4, -0.2) is 40.1 Å². The molecule has 0 aliphatic carbocycles. The van der Waals surface area contributed by atoms with Gasteiger partial charge in [-0.25, -0.2) is 4.79 Å². The molecule has 1 aliphatic rings. The van der Waals surface area contributed by atoms with Crippen molar-refractivity contribution in [1.82, 2.24) is 5.32 Å². The zero-order valence-electron chi connectivity index (χ0n) is 15.4. The summed E-state index contributed by atoms with van der Waals surface area (Å²) in [4.78, 5) is 44.2. The molecule has 2 aromatic carbocycles. The Kier molecular flexibility index (Phi) is 5.93. The van der Waals surface area contributed by atoms with Crippen molar-refractivity contribution < 1.29 is 33.9 Å². The van der Waals surface area contributed by atoms with E-state index in [1.807, 2.05) is 5.32 Å². The lowest BCUT2D eigenvalue weighted by atomic mass is 10.0. The van der Waals surface area contributed by atoms with Gasteiger partial charge in [-0.15, -0.1) is 0 Å². The number of carbonyl (C=O) groups excluding carboxylic acids is 2. The average molecular weight is 415 g/mol. The van der Waals surface area contributed by atoms with Crippen molar-refractivity contribution in [2.75, 3.05) is 0 Å². The highest BCUT2D eigenvalue weighted by atomic mass is 16.6. The number of benzene rings is 2. The number of carboxylic acids is 1. The standard InChI is InChI=1S/C19H17N3O8/c20-14(18(24)25)8-11-3-6-13(9-15(11)22(27)28)29-12-4-1-10(2-5-12)7-16-17(23)21-19(26)30-16/h1-6,9,14,16H,7-8,20H2,(H,24,25)(H,21,23,26). The molecule has 30 heavy (non-hydrogen) atoms. The minimum absolute atomic E-state index is 0.182. The SMILES string of the molecule is NC(Cc1ccc(Oc2ccc(CC3OC(=O)NC3=O)cc2)cc1[N+](=O)[O-])C(=O)O. The van der Waals surface area contributed by atoms with E-state index in [2.05, 4.69) is 0 Å². The van der Waals surface area contributed by atoms with Crippen molar-refractivity contribution in [3.63, 3.8) is 0 Å². The highest BCUT2D eigenvalue weighted by Crippen LogP contribution is 2.29. The van der Waals surface area contributed by atoms with Crippen LogP contribution in [0.5, 0.6) is 11.5 Å². The van der Waals surface area contributed by atoms with Gasteiger partial charge in [-0.2, -0.15) is 0 Å². The van der Waals surface area contributed by atoms with Crippen molar-refractivity contribution in [1.29, 1.82) is 0 Å². The number of nitrogens with zero attached hydrogens (tertiary/aromatic N) is 1. The quantitative estimate of drug-likeness (QED) is 0.427.